The van der Waals surface area contributed by atoms with E-state index in [-0.39, 0.29) is 5.11 Å². The van der Waals surface area contributed by atoms with Crippen LogP contribution >= 0.6 is 12.2 Å². The number of aryl methyl sites for hydroxylation is 2. The zero-order valence-electron chi connectivity index (χ0n) is 8.63. The first-order chi connectivity index (χ1) is 7.00. The largest absolute Gasteiger partial charge is 0.351 e. The number of para-hydroxylation sites is 1. The highest BCUT2D eigenvalue weighted by Gasteiger charge is 2.04. The number of benzene rings is 1. The molecule has 0 fully saturated rings. The van der Waals surface area contributed by atoms with Gasteiger partial charge in [0.05, 0.1) is 0 Å². The number of carbonyl (C=O) groups is 1. The first kappa shape index (κ1) is 11.5. The summed E-state index contributed by atoms with van der Waals surface area (Å²) in [6, 6.07) is 5.21. The lowest BCUT2D eigenvalue weighted by atomic mass is 10.1. The second-order valence-corrected chi connectivity index (χ2v) is 3.62. The Morgan fingerprint density at radius 2 is 1.87 bits per heavy atom. The molecule has 0 aliphatic rings. The van der Waals surface area contributed by atoms with Crippen LogP contribution in [0.2, 0.25) is 0 Å². The number of anilines is 1. The minimum Gasteiger partial charge on any atom is -0.351 e. The number of rotatable bonds is 1. The second-order valence-electron chi connectivity index (χ2n) is 3.21. The maximum absolute atomic E-state index is 10.6. The first-order valence-electron chi connectivity index (χ1n) is 4.44. The standard InChI is InChI=1S/C10H13N3OS/c1-6-4-3-5-7(2)8(6)12-10(15)13-9(11)14/h3-5H,1-2H3,(H4,11,12,13,14,15). The van der Waals surface area contributed by atoms with Crippen LogP contribution < -0.4 is 16.4 Å². The van der Waals surface area contributed by atoms with E-state index in [0.29, 0.717) is 0 Å². The molecule has 1 rings (SSSR count). The highest BCUT2D eigenvalue weighted by molar-refractivity contribution is 7.80. The van der Waals surface area contributed by atoms with Crippen molar-refractivity contribution in [3.8, 4) is 0 Å². The molecule has 0 aliphatic heterocycles. The van der Waals surface area contributed by atoms with E-state index in [1.165, 1.54) is 0 Å². The number of nitrogens with one attached hydrogen (secondary N) is 2. The van der Waals surface area contributed by atoms with Gasteiger partial charge < -0.3 is 11.1 Å². The molecule has 4 nitrogen and oxygen atoms in total. The van der Waals surface area contributed by atoms with Gasteiger partial charge in [0.25, 0.3) is 0 Å². The molecular weight excluding hydrogens is 210 g/mol. The SMILES string of the molecule is Cc1cccc(C)c1NC(=S)NC(N)=O. The Bertz CT molecular complexity index is 383. The van der Waals surface area contributed by atoms with Gasteiger partial charge in [-0.15, -0.1) is 0 Å². The highest BCUT2D eigenvalue weighted by atomic mass is 32.1. The topological polar surface area (TPSA) is 67.2 Å². The number of carbonyl (C=O) groups excluding carboxylic acids is 1. The third kappa shape index (κ3) is 3.21. The molecule has 0 aromatic heterocycles. The Hall–Kier alpha value is -1.62. The summed E-state index contributed by atoms with van der Waals surface area (Å²) in [5, 5.41) is 5.44. The summed E-state index contributed by atoms with van der Waals surface area (Å²) in [6.45, 7) is 3.92. The summed E-state index contributed by atoms with van der Waals surface area (Å²) in [4.78, 5) is 10.6. The van der Waals surface area contributed by atoms with Crippen molar-refractivity contribution in [3.05, 3.63) is 29.3 Å². The van der Waals surface area contributed by atoms with Crippen molar-refractivity contribution in [2.75, 3.05) is 5.32 Å². The van der Waals surface area contributed by atoms with E-state index in [4.69, 9.17) is 18.0 Å². The summed E-state index contributed by atoms with van der Waals surface area (Å²) < 4.78 is 0. The molecule has 0 radical (unpaired) electrons. The molecule has 0 unspecified atom stereocenters. The predicted octanol–water partition coefficient (Wildman–Crippen LogP) is 1.67. The quantitative estimate of drug-likeness (QED) is 0.634. The third-order valence-corrected chi connectivity index (χ3v) is 2.16. The molecule has 0 saturated heterocycles. The number of hydrogen-bond donors (Lipinski definition) is 3. The van der Waals surface area contributed by atoms with Crippen LogP contribution in [0.25, 0.3) is 0 Å². The Morgan fingerprint density at radius 3 is 2.33 bits per heavy atom. The lowest BCUT2D eigenvalue weighted by Crippen LogP contribution is -2.38. The van der Waals surface area contributed by atoms with Gasteiger partial charge >= 0.3 is 6.03 Å². The Morgan fingerprint density at radius 1 is 1.33 bits per heavy atom. The van der Waals surface area contributed by atoms with Crippen molar-refractivity contribution in [2.24, 2.45) is 5.73 Å². The summed E-state index contributed by atoms with van der Waals surface area (Å²) in [7, 11) is 0. The number of nitrogens with two attached hydrogens (primary N) is 1. The van der Waals surface area contributed by atoms with Gasteiger partial charge in [0.15, 0.2) is 5.11 Å². The van der Waals surface area contributed by atoms with Crippen LogP contribution in [-0.2, 0) is 0 Å². The molecular formula is C10H13N3OS. The monoisotopic (exact) mass is 223 g/mol. The maximum Gasteiger partial charge on any atom is 0.318 e. The molecule has 5 heteroatoms. The van der Waals surface area contributed by atoms with Crippen LogP contribution in [0.4, 0.5) is 10.5 Å². The van der Waals surface area contributed by atoms with E-state index in [0.717, 1.165) is 16.8 Å². The Labute approximate surface area is 93.9 Å². The fraction of sp³-hybridized carbons (Fsp3) is 0.200. The predicted molar refractivity (Wildman–Crippen MR) is 64.9 cm³/mol. The minimum atomic E-state index is -0.668. The van der Waals surface area contributed by atoms with Crippen LogP contribution in [0.5, 0.6) is 0 Å². The summed E-state index contributed by atoms with van der Waals surface area (Å²) in [5.41, 5.74) is 7.96. The number of amides is 2. The highest BCUT2D eigenvalue weighted by Crippen LogP contribution is 2.18. The zero-order chi connectivity index (χ0) is 11.4. The van der Waals surface area contributed by atoms with Gasteiger partial charge in [-0.05, 0) is 37.2 Å². The van der Waals surface area contributed by atoms with E-state index in [1.54, 1.807) is 0 Å². The molecule has 80 valence electrons. The lowest BCUT2D eigenvalue weighted by Gasteiger charge is -2.12. The van der Waals surface area contributed by atoms with E-state index in [9.17, 15) is 4.79 Å². The van der Waals surface area contributed by atoms with Gasteiger partial charge in [-0.3, -0.25) is 5.32 Å². The summed E-state index contributed by atoms with van der Waals surface area (Å²) in [6.07, 6.45) is 0. The second kappa shape index (κ2) is 4.75. The molecule has 15 heavy (non-hydrogen) atoms. The Balaban J connectivity index is 2.80. The fourth-order valence-corrected chi connectivity index (χ4v) is 1.47. The normalized spacial score (nSPS) is 9.47. The molecule has 0 aliphatic carbocycles. The van der Waals surface area contributed by atoms with Crippen LogP contribution in [0.1, 0.15) is 11.1 Å². The van der Waals surface area contributed by atoms with E-state index >= 15 is 0 Å². The van der Waals surface area contributed by atoms with Gasteiger partial charge in [0.2, 0.25) is 0 Å². The van der Waals surface area contributed by atoms with E-state index in [2.05, 4.69) is 10.6 Å². The van der Waals surface area contributed by atoms with Crippen LogP contribution in [0, 0.1) is 13.8 Å². The van der Waals surface area contributed by atoms with Crippen molar-refractivity contribution >= 4 is 29.0 Å². The van der Waals surface area contributed by atoms with Crippen LogP contribution in [0.3, 0.4) is 0 Å². The number of thiocarbonyl (C=S) groups is 1. The van der Waals surface area contributed by atoms with Crippen molar-refractivity contribution in [3.63, 3.8) is 0 Å². The van der Waals surface area contributed by atoms with Gasteiger partial charge in [0.1, 0.15) is 0 Å². The van der Waals surface area contributed by atoms with Crippen molar-refractivity contribution in [1.82, 2.24) is 5.32 Å². The van der Waals surface area contributed by atoms with E-state index < -0.39 is 6.03 Å². The molecule has 1 aromatic carbocycles. The van der Waals surface area contributed by atoms with Crippen LogP contribution in [0.15, 0.2) is 18.2 Å². The van der Waals surface area contributed by atoms with Gasteiger partial charge in [-0.2, -0.15) is 0 Å². The van der Waals surface area contributed by atoms with E-state index in [1.807, 2.05) is 32.0 Å². The molecule has 0 bridgehead atoms. The van der Waals surface area contributed by atoms with Crippen molar-refractivity contribution in [2.45, 2.75) is 13.8 Å². The van der Waals surface area contributed by atoms with Gasteiger partial charge in [-0.1, -0.05) is 18.2 Å². The molecule has 1 aromatic rings. The van der Waals surface area contributed by atoms with Gasteiger partial charge in [0, 0.05) is 5.69 Å². The Kier molecular flexibility index (Phi) is 3.62. The number of primary amides is 1. The average Bonchev–Trinajstić information content (AvgIpc) is 2.10. The zero-order valence-corrected chi connectivity index (χ0v) is 9.44. The van der Waals surface area contributed by atoms with Crippen molar-refractivity contribution in [1.29, 1.82) is 0 Å². The fourth-order valence-electron chi connectivity index (χ4n) is 1.27. The lowest BCUT2D eigenvalue weighted by molar-refractivity contribution is 0.253. The maximum atomic E-state index is 10.6. The van der Waals surface area contributed by atoms with Crippen molar-refractivity contribution < 1.29 is 4.79 Å². The molecule has 2 amide bonds. The average molecular weight is 223 g/mol. The number of urea groups is 1. The molecule has 0 saturated carbocycles. The minimum absolute atomic E-state index is 0.208. The molecule has 0 heterocycles. The molecule has 0 atom stereocenters. The first-order valence-corrected chi connectivity index (χ1v) is 4.85. The number of hydrogen-bond acceptors (Lipinski definition) is 2. The molecule has 0 spiro atoms. The molecule has 4 N–H and O–H groups in total. The smallest absolute Gasteiger partial charge is 0.318 e. The third-order valence-electron chi connectivity index (χ3n) is 1.96. The summed E-state index contributed by atoms with van der Waals surface area (Å²) >= 11 is 4.91. The summed E-state index contributed by atoms with van der Waals surface area (Å²) in [5.74, 6) is 0. The van der Waals surface area contributed by atoms with Gasteiger partial charge in [-0.25, -0.2) is 4.79 Å². The van der Waals surface area contributed by atoms with Crippen LogP contribution in [-0.4, -0.2) is 11.1 Å².